The van der Waals surface area contributed by atoms with Gasteiger partial charge in [-0.15, -0.1) is 0 Å². The second-order valence-electron chi connectivity index (χ2n) is 8.15. The molecule has 2 rings (SSSR count). The minimum absolute atomic E-state index is 0.268. The van der Waals surface area contributed by atoms with Crippen molar-refractivity contribution in [2.75, 3.05) is 26.2 Å². The molecule has 0 aromatic heterocycles. The molecule has 2 fully saturated rings. The lowest BCUT2D eigenvalue weighted by atomic mass is 9.91. The van der Waals surface area contributed by atoms with Crippen molar-refractivity contribution in [1.29, 1.82) is 0 Å². The SMILES string of the molecule is CCN1CCC(CNC2CCC(NC(=O)OC(C)(C)C)CC2)C1. The van der Waals surface area contributed by atoms with Gasteiger partial charge in [0.2, 0.25) is 0 Å². The number of carbonyl (C=O) groups is 1. The zero-order valence-corrected chi connectivity index (χ0v) is 15.4. The van der Waals surface area contributed by atoms with E-state index in [-0.39, 0.29) is 12.1 Å². The molecular formula is C18H35N3O2. The van der Waals surface area contributed by atoms with Crippen molar-refractivity contribution >= 4 is 6.09 Å². The quantitative estimate of drug-likeness (QED) is 0.816. The summed E-state index contributed by atoms with van der Waals surface area (Å²) in [5.74, 6) is 0.813. The molecule has 1 saturated heterocycles. The first-order chi connectivity index (χ1) is 10.9. The highest BCUT2D eigenvalue weighted by Crippen LogP contribution is 2.21. The second kappa shape index (κ2) is 8.34. The molecule has 0 bridgehead atoms. The molecule has 1 amide bonds. The van der Waals surface area contributed by atoms with Gasteiger partial charge >= 0.3 is 6.09 Å². The molecule has 1 unspecified atom stereocenters. The normalized spacial score (nSPS) is 29.5. The van der Waals surface area contributed by atoms with E-state index in [1.165, 1.54) is 26.1 Å². The van der Waals surface area contributed by atoms with Gasteiger partial charge in [0.25, 0.3) is 0 Å². The third-order valence-corrected chi connectivity index (χ3v) is 4.96. The molecule has 1 atom stereocenters. The van der Waals surface area contributed by atoms with E-state index in [0.29, 0.717) is 6.04 Å². The summed E-state index contributed by atoms with van der Waals surface area (Å²) in [5, 5.41) is 6.76. The molecule has 5 heteroatoms. The van der Waals surface area contributed by atoms with Gasteiger partial charge in [-0.3, -0.25) is 0 Å². The number of nitrogens with zero attached hydrogens (tertiary/aromatic N) is 1. The summed E-state index contributed by atoms with van der Waals surface area (Å²) in [4.78, 5) is 14.3. The van der Waals surface area contributed by atoms with Crippen molar-refractivity contribution < 1.29 is 9.53 Å². The number of hydrogen-bond donors (Lipinski definition) is 2. The summed E-state index contributed by atoms with van der Waals surface area (Å²) in [6, 6.07) is 0.882. The monoisotopic (exact) mass is 325 g/mol. The van der Waals surface area contributed by atoms with E-state index < -0.39 is 5.60 Å². The van der Waals surface area contributed by atoms with Crippen molar-refractivity contribution in [1.82, 2.24) is 15.5 Å². The van der Waals surface area contributed by atoms with Crippen LogP contribution in [0.1, 0.15) is 59.8 Å². The topological polar surface area (TPSA) is 53.6 Å². The van der Waals surface area contributed by atoms with E-state index in [9.17, 15) is 4.79 Å². The number of nitrogens with one attached hydrogen (secondary N) is 2. The van der Waals surface area contributed by atoms with Gasteiger partial charge in [-0.05, 0) is 78.4 Å². The molecule has 2 N–H and O–H groups in total. The number of carbonyl (C=O) groups excluding carboxylic acids is 1. The molecule has 0 spiro atoms. The number of rotatable bonds is 5. The molecule has 134 valence electrons. The molecule has 0 aromatic carbocycles. The van der Waals surface area contributed by atoms with Gasteiger partial charge in [-0.25, -0.2) is 4.79 Å². The molecule has 2 aliphatic rings. The highest BCUT2D eigenvalue weighted by molar-refractivity contribution is 5.68. The zero-order valence-electron chi connectivity index (χ0n) is 15.4. The Kier molecular flexibility index (Phi) is 6.72. The highest BCUT2D eigenvalue weighted by Gasteiger charge is 2.26. The Hall–Kier alpha value is -0.810. The van der Waals surface area contributed by atoms with Gasteiger partial charge in [0.1, 0.15) is 5.60 Å². The first-order valence-electron chi connectivity index (χ1n) is 9.31. The number of ether oxygens (including phenoxy) is 1. The van der Waals surface area contributed by atoms with Crippen LogP contribution in [0.15, 0.2) is 0 Å². The van der Waals surface area contributed by atoms with E-state index in [2.05, 4.69) is 22.5 Å². The minimum Gasteiger partial charge on any atom is -0.444 e. The van der Waals surface area contributed by atoms with E-state index in [4.69, 9.17) is 4.74 Å². The first kappa shape index (κ1) is 18.5. The van der Waals surface area contributed by atoms with Gasteiger partial charge < -0.3 is 20.3 Å². The van der Waals surface area contributed by atoms with Crippen molar-refractivity contribution in [3.63, 3.8) is 0 Å². The van der Waals surface area contributed by atoms with Gasteiger partial charge in [0.15, 0.2) is 0 Å². The Balaban J connectivity index is 1.60. The Morgan fingerprint density at radius 1 is 1.13 bits per heavy atom. The van der Waals surface area contributed by atoms with E-state index >= 15 is 0 Å². The van der Waals surface area contributed by atoms with Crippen molar-refractivity contribution in [2.24, 2.45) is 5.92 Å². The largest absolute Gasteiger partial charge is 0.444 e. The Bertz CT molecular complexity index is 373. The average Bonchev–Trinajstić information content (AvgIpc) is 2.92. The van der Waals surface area contributed by atoms with Gasteiger partial charge in [-0.2, -0.15) is 0 Å². The Morgan fingerprint density at radius 3 is 2.35 bits per heavy atom. The molecule has 5 nitrogen and oxygen atoms in total. The molecule has 0 aromatic rings. The summed E-state index contributed by atoms with van der Waals surface area (Å²) in [6.07, 6.45) is 5.43. The van der Waals surface area contributed by atoms with Crippen LogP contribution in [0, 0.1) is 5.92 Å². The fraction of sp³-hybridized carbons (Fsp3) is 0.944. The van der Waals surface area contributed by atoms with Crippen LogP contribution >= 0.6 is 0 Å². The van der Waals surface area contributed by atoms with E-state index in [1.54, 1.807) is 0 Å². The minimum atomic E-state index is -0.420. The van der Waals surface area contributed by atoms with Crippen LogP contribution in [0.3, 0.4) is 0 Å². The lowest BCUT2D eigenvalue weighted by molar-refractivity contribution is 0.0489. The van der Waals surface area contributed by atoms with Crippen molar-refractivity contribution in [3.05, 3.63) is 0 Å². The average molecular weight is 325 g/mol. The third kappa shape index (κ3) is 6.68. The summed E-state index contributed by atoms with van der Waals surface area (Å²) in [5.41, 5.74) is -0.420. The number of amides is 1. The van der Waals surface area contributed by atoms with E-state index in [1.807, 2.05) is 20.8 Å². The van der Waals surface area contributed by atoms with Gasteiger partial charge in [0.05, 0.1) is 0 Å². The number of likely N-dealkylation sites (tertiary alicyclic amines) is 1. The predicted molar refractivity (Wildman–Crippen MR) is 93.6 cm³/mol. The second-order valence-corrected chi connectivity index (χ2v) is 8.15. The molecule has 23 heavy (non-hydrogen) atoms. The highest BCUT2D eigenvalue weighted by atomic mass is 16.6. The number of hydrogen-bond acceptors (Lipinski definition) is 4. The first-order valence-corrected chi connectivity index (χ1v) is 9.31. The summed E-state index contributed by atoms with van der Waals surface area (Å²) >= 11 is 0. The molecular weight excluding hydrogens is 290 g/mol. The number of alkyl carbamates (subject to hydrolysis) is 1. The van der Waals surface area contributed by atoms with Crippen LogP contribution in [0.5, 0.6) is 0 Å². The summed E-state index contributed by atoms with van der Waals surface area (Å²) in [6.45, 7) is 12.8. The molecule has 1 heterocycles. The maximum atomic E-state index is 11.8. The van der Waals surface area contributed by atoms with Gasteiger partial charge in [-0.1, -0.05) is 6.92 Å². The molecule has 1 saturated carbocycles. The molecule has 1 aliphatic heterocycles. The summed E-state index contributed by atoms with van der Waals surface area (Å²) < 4.78 is 5.33. The van der Waals surface area contributed by atoms with Crippen molar-refractivity contribution in [2.45, 2.75) is 77.5 Å². The smallest absolute Gasteiger partial charge is 0.407 e. The third-order valence-electron chi connectivity index (χ3n) is 4.96. The Labute approximate surface area is 141 Å². The molecule has 0 radical (unpaired) electrons. The standard InChI is InChI=1S/C18H35N3O2/c1-5-21-11-10-14(13-21)12-19-15-6-8-16(9-7-15)20-17(22)23-18(2,3)4/h14-16,19H,5-13H2,1-4H3,(H,20,22). The van der Waals surface area contributed by atoms with E-state index in [0.717, 1.165) is 38.1 Å². The van der Waals surface area contributed by atoms with Crippen LogP contribution in [0.4, 0.5) is 4.79 Å². The van der Waals surface area contributed by atoms with Crippen LogP contribution in [-0.2, 0) is 4.74 Å². The van der Waals surface area contributed by atoms with Crippen LogP contribution in [0.25, 0.3) is 0 Å². The Morgan fingerprint density at radius 2 is 1.78 bits per heavy atom. The summed E-state index contributed by atoms with van der Waals surface area (Å²) in [7, 11) is 0. The van der Waals surface area contributed by atoms with Crippen LogP contribution in [-0.4, -0.2) is 54.9 Å². The van der Waals surface area contributed by atoms with Crippen molar-refractivity contribution in [3.8, 4) is 0 Å². The lowest BCUT2D eigenvalue weighted by Gasteiger charge is -2.31. The van der Waals surface area contributed by atoms with Crippen LogP contribution in [0.2, 0.25) is 0 Å². The molecule has 1 aliphatic carbocycles. The fourth-order valence-electron chi connectivity index (χ4n) is 3.62. The maximum Gasteiger partial charge on any atom is 0.407 e. The predicted octanol–water partition coefficient (Wildman–Crippen LogP) is 2.75. The van der Waals surface area contributed by atoms with Gasteiger partial charge in [0, 0.05) is 18.6 Å². The maximum absolute atomic E-state index is 11.8. The fourth-order valence-corrected chi connectivity index (χ4v) is 3.62. The lowest BCUT2D eigenvalue weighted by Crippen LogP contribution is -2.44. The van der Waals surface area contributed by atoms with Crippen LogP contribution < -0.4 is 10.6 Å². The zero-order chi connectivity index (χ0) is 16.9.